The SMILES string of the molecule is COC(=O)CC[C@H](NC(=O)CCl)C(=O)N1CCCC[C@H]1C(=O)NC(Cc1ccc2ccccc2c1)C(=O)N[C@@H](CCCNC(N)=O)C(N)=O. The molecule has 0 spiro atoms. The number of nitrogens with one attached hydrogen (secondary N) is 4. The number of carbonyl (C=O) groups excluding carboxylic acids is 7. The van der Waals surface area contributed by atoms with E-state index >= 15 is 0 Å². The van der Waals surface area contributed by atoms with Gasteiger partial charge in [-0.05, 0) is 54.9 Å². The average molecular weight is 702 g/mol. The second kappa shape index (κ2) is 19.2. The molecular weight excluding hydrogens is 658 g/mol. The first-order valence-corrected chi connectivity index (χ1v) is 16.6. The number of hydrogen-bond donors (Lipinski definition) is 6. The maximum absolute atomic E-state index is 13.9. The van der Waals surface area contributed by atoms with Crippen LogP contribution in [-0.4, -0.2) is 96.7 Å². The quantitative estimate of drug-likeness (QED) is 0.0763. The molecule has 3 rings (SSSR count). The third-order valence-electron chi connectivity index (χ3n) is 8.22. The van der Waals surface area contributed by atoms with Crippen LogP contribution < -0.4 is 32.7 Å². The van der Waals surface area contributed by atoms with Crippen molar-refractivity contribution in [1.29, 1.82) is 0 Å². The molecule has 0 radical (unpaired) electrons. The number of ether oxygens (including phenoxy) is 1. The Bertz CT molecular complexity index is 1520. The Balaban J connectivity index is 1.85. The van der Waals surface area contributed by atoms with E-state index in [0.29, 0.717) is 12.8 Å². The van der Waals surface area contributed by atoms with Crippen molar-refractivity contribution in [2.75, 3.05) is 26.1 Å². The second-order valence-corrected chi connectivity index (χ2v) is 12.0. The van der Waals surface area contributed by atoms with Crippen LogP contribution in [0.1, 0.15) is 50.5 Å². The van der Waals surface area contributed by atoms with Crippen molar-refractivity contribution in [3.05, 3.63) is 48.0 Å². The number of methoxy groups -OCH3 is 1. The van der Waals surface area contributed by atoms with E-state index in [0.717, 1.165) is 16.3 Å². The number of rotatable bonds is 17. The molecule has 0 aromatic heterocycles. The van der Waals surface area contributed by atoms with Gasteiger partial charge in [0.05, 0.1) is 7.11 Å². The molecule has 1 heterocycles. The van der Waals surface area contributed by atoms with E-state index < -0.39 is 71.6 Å². The molecule has 15 nitrogen and oxygen atoms in total. The number of fused-ring (bicyclic) bond motifs is 1. The lowest BCUT2D eigenvalue weighted by atomic mass is 9.97. The first kappa shape index (κ1) is 38.5. The van der Waals surface area contributed by atoms with Gasteiger partial charge in [-0.25, -0.2) is 4.79 Å². The molecular formula is C33H44ClN7O8. The molecule has 2 aromatic carbocycles. The van der Waals surface area contributed by atoms with Gasteiger partial charge in [0, 0.05) is 25.9 Å². The Hall–Kier alpha value is -4.92. The predicted molar refractivity (Wildman–Crippen MR) is 181 cm³/mol. The third kappa shape index (κ3) is 11.9. The van der Waals surface area contributed by atoms with Gasteiger partial charge in [0.25, 0.3) is 0 Å². The molecule has 1 aliphatic heterocycles. The van der Waals surface area contributed by atoms with Gasteiger partial charge < -0.3 is 42.4 Å². The van der Waals surface area contributed by atoms with Gasteiger partial charge in [0.2, 0.25) is 29.5 Å². The molecule has 1 saturated heterocycles. The summed E-state index contributed by atoms with van der Waals surface area (Å²) in [6, 6.07) is 8.11. The number of carbonyl (C=O) groups is 7. The summed E-state index contributed by atoms with van der Waals surface area (Å²) in [5.74, 6) is -4.26. The number of benzene rings is 2. The van der Waals surface area contributed by atoms with E-state index in [9.17, 15) is 33.6 Å². The highest BCUT2D eigenvalue weighted by molar-refractivity contribution is 6.27. The highest BCUT2D eigenvalue weighted by atomic mass is 35.5. The Kier molecular flexibility index (Phi) is 15.1. The van der Waals surface area contributed by atoms with Gasteiger partial charge >= 0.3 is 12.0 Å². The van der Waals surface area contributed by atoms with Gasteiger partial charge in [-0.3, -0.25) is 28.8 Å². The Morgan fingerprint density at radius 3 is 2.33 bits per heavy atom. The van der Waals surface area contributed by atoms with E-state index in [4.69, 9.17) is 23.1 Å². The van der Waals surface area contributed by atoms with Crippen LogP contribution >= 0.6 is 11.6 Å². The fourth-order valence-corrected chi connectivity index (χ4v) is 5.75. The lowest BCUT2D eigenvalue weighted by Crippen LogP contribution is -2.60. The number of halogens is 1. The smallest absolute Gasteiger partial charge is 0.312 e. The van der Waals surface area contributed by atoms with Crippen molar-refractivity contribution in [2.24, 2.45) is 11.5 Å². The normalized spacial score (nSPS) is 16.0. The lowest BCUT2D eigenvalue weighted by molar-refractivity contribution is -0.146. The molecule has 4 atom stereocenters. The van der Waals surface area contributed by atoms with Gasteiger partial charge in [0.1, 0.15) is 30.0 Å². The zero-order valence-electron chi connectivity index (χ0n) is 27.4. The summed E-state index contributed by atoms with van der Waals surface area (Å²) in [6.45, 7) is 0.358. The highest BCUT2D eigenvalue weighted by Gasteiger charge is 2.38. The first-order valence-electron chi connectivity index (χ1n) is 16.1. The molecule has 266 valence electrons. The minimum Gasteiger partial charge on any atom is -0.469 e. The number of hydrogen-bond acceptors (Lipinski definition) is 8. The minimum atomic E-state index is -1.18. The van der Waals surface area contributed by atoms with Crippen LogP contribution in [0.5, 0.6) is 0 Å². The topological polar surface area (TPSA) is 232 Å². The number of esters is 1. The number of primary amides is 2. The lowest BCUT2D eigenvalue weighted by Gasteiger charge is -2.37. The van der Waals surface area contributed by atoms with Crippen molar-refractivity contribution in [2.45, 2.75) is 75.5 Å². The fraction of sp³-hybridized carbons (Fsp3) is 0.485. The fourth-order valence-electron chi connectivity index (χ4n) is 5.68. The summed E-state index contributed by atoms with van der Waals surface area (Å²) in [4.78, 5) is 90.0. The summed E-state index contributed by atoms with van der Waals surface area (Å²) in [7, 11) is 1.21. The average Bonchev–Trinajstić information content (AvgIpc) is 3.09. The molecule has 1 fully saturated rings. The van der Waals surface area contributed by atoms with Crippen molar-refractivity contribution in [3.8, 4) is 0 Å². The van der Waals surface area contributed by atoms with E-state index in [1.165, 1.54) is 12.0 Å². The van der Waals surface area contributed by atoms with Gasteiger partial charge in [-0.15, -0.1) is 11.6 Å². The molecule has 7 amide bonds. The summed E-state index contributed by atoms with van der Waals surface area (Å²) in [5.41, 5.74) is 11.4. The van der Waals surface area contributed by atoms with Crippen LogP contribution in [0.4, 0.5) is 4.79 Å². The maximum atomic E-state index is 13.9. The molecule has 1 aliphatic rings. The van der Waals surface area contributed by atoms with Crippen LogP contribution in [0.25, 0.3) is 10.8 Å². The number of likely N-dealkylation sites (tertiary alicyclic amines) is 1. The van der Waals surface area contributed by atoms with Crippen LogP contribution in [0.3, 0.4) is 0 Å². The molecule has 16 heteroatoms. The molecule has 0 aliphatic carbocycles. The van der Waals surface area contributed by atoms with Crippen molar-refractivity contribution in [3.63, 3.8) is 0 Å². The Morgan fingerprint density at radius 2 is 1.65 bits per heavy atom. The molecule has 0 saturated carbocycles. The van der Waals surface area contributed by atoms with Crippen molar-refractivity contribution >= 4 is 63.9 Å². The van der Waals surface area contributed by atoms with Crippen molar-refractivity contribution in [1.82, 2.24) is 26.2 Å². The second-order valence-electron chi connectivity index (χ2n) is 11.8. The zero-order valence-corrected chi connectivity index (χ0v) is 28.1. The number of amides is 7. The number of nitrogens with zero attached hydrogens (tertiary/aromatic N) is 1. The van der Waals surface area contributed by atoms with Gasteiger partial charge in [-0.1, -0.05) is 42.5 Å². The van der Waals surface area contributed by atoms with Gasteiger partial charge in [0.15, 0.2) is 0 Å². The largest absolute Gasteiger partial charge is 0.469 e. The van der Waals surface area contributed by atoms with Crippen molar-refractivity contribution < 1.29 is 38.3 Å². The van der Waals surface area contributed by atoms with E-state index in [-0.39, 0.29) is 51.6 Å². The molecule has 1 unspecified atom stereocenters. The highest BCUT2D eigenvalue weighted by Crippen LogP contribution is 2.21. The Morgan fingerprint density at radius 1 is 0.918 bits per heavy atom. The summed E-state index contributed by atoms with van der Waals surface area (Å²) >= 11 is 5.66. The van der Waals surface area contributed by atoms with Crippen LogP contribution in [0.2, 0.25) is 0 Å². The number of urea groups is 1. The predicted octanol–water partition coefficient (Wildman–Crippen LogP) is 0.344. The van der Waals surface area contributed by atoms with Crippen LogP contribution in [0, 0.1) is 0 Å². The summed E-state index contributed by atoms with van der Waals surface area (Å²) in [6.07, 6.45) is 1.70. The van der Waals surface area contributed by atoms with Crippen LogP contribution in [0.15, 0.2) is 42.5 Å². The third-order valence-corrected chi connectivity index (χ3v) is 8.47. The molecule has 2 aromatic rings. The van der Waals surface area contributed by atoms with Gasteiger partial charge in [-0.2, -0.15) is 0 Å². The summed E-state index contributed by atoms with van der Waals surface area (Å²) in [5, 5.41) is 12.3. The maximum Gasteiger partial charge on any atom is 0.312 e. The zero-order chi connectivity index (χ0) is 35.9. The molecule has 8 N–H and O–H groups in total. The number of nitrogens with two attached hydrogens (primary N) is 2. The summed E-state index contributed by atoms with van der Waals surface area (Å²) < 4.78 is 4.68. The van der Waals surface area contributed by atoms with Crippen LogP contribution in [-0.2, 0) is 39.9 Å². The number of alkyl halides is 1. The standard InChI is InChI=1S/C33H44ClN7O8/c1-49-28(43)14-13-24(38-27(42)19-34)32(47)41-16-5-4-10-26(41)31(46)40-25(18-20-11-12-21-7-2-3-8-22(21)17-20)30(45)39-23(29(35)44)9-6-15-37-33(36)48/h2-3,7-8,11-12,17,23-26H,4-6,9-10,13-16,18-19H2,1H3,(H2,35,44)(H,38,42)(H,39,45)(H,40,46)(H3,36,37,48)/t23-,24-,25?,26-/m0/s1. The Labute approximate surface area is 289 Å². The monoisotopic (exact) mass is 701 g/mol. The van der Waals surface area contributed by atoms with E-state index in [2.05, 4.69) is 26.0 Å². The first-order chi connectivity index (χ1) is 23.4. The number of piperidine rings is 1. The molecule has 49 heavy (non-hydrogen) atoms. The van der Waals surface area contributed by atoms with E-state index in [1.807, 2.05) is 42.5 Å². The minimum absolute atomic E-state index is 0.0469. The molecule has 0 bridgehead atoms. The van der Waals surface area contributed by atoms with E-state index in [1.54, 1.807) is 0 Å².